The molecule has 1 aromatic carbocycles. The van der Waals surface area contributed by atoms with E-state index in [0.29, 0.717) is 0 Å². The van der Waals surface area contributed by atoms with Crippen LogP contribution in [-0.2, 0) is 4.74 Å². The van der Waals surface area contributed by atoms with E-state index < -0.39 is 0 Å². The Morgan fingerprint density at radius 2 is 2.24 bits per heavy atom. The third-order valence-corrected chi connectivity index (χ3v) is 4.06. The Labute approximate surface area is 105 Å². The number of rotatable bonds is 3. The lowest BCUT2D eigenvalue weighted by Crippen LogP contribution is -2.22. The fourth-order valence-electron chi connectivity index (χ4n) is 2.18. The van der Waals surface area contributed by atoms with Gasteiger partial charge in [0.1, 0.15) is 0 Å². The first-order valence-electron chi connectivity index (χ1n) is 6.07. The molecule has 1 aliphatic heterocycles. The van der Waals surface area contributed by atoms with Gasteiger partial charge < -0.3 is 10.1 Å². The minimum Gasteiger partial charge on any atom is -0.385 e. The van der Waals surface area contributed by atoms with Crippen LogP contribution in [0.4, 0.5) is 5.69 Å². The highest BCUT2D eigenvalue weighted by molar-refractivity contribution is 7.16. The van der Waals surface area contributed by atoms with E-state index in [1.807, 2.05) is 5.51 Å². The van der Waals surface area contributed by atoms with Crippen molar-refractivity contribution < 1.29 is 4.74 Å². The first-order chi connectivity index (χ1) is 8.42. The predicted molar refractivity (Wildman–Crippen MR) is 71.7 cm³/mol. The molecule has 2 aromatic rings. The molecule has 0 amide bonds. The molecule has 1 aromatic heterocycles. The topological polar surface area (TPSA) is 34.2 Å². The Morgan fingerprint density at radius 1 is 1.35 bits per heavy atom. The van der Waals surface area contributed by atoms with Crippen LogP contribution in [0.3, 0.4) is 0 Å². The molecule has 0 bridgehead atoms. The van der Waals surface area contributed by atoms with Gasteiger partial charge in [0.2, 0.25) is 0 Å². The molecule has 17 heavy (non-hydrogen) atoms. The summed E-state index contributed by atoms with van der Waals surface area (Å²) in [5.74, 6) is 0.751. The van der Waals surface area contributed by atoms with Crippen molar-refractivity contribution >= 4 is 27.2 Å². The first-order valence-corrected chi connectivity index (χ1v) is 6.94. The number of fused-ring (bicyclic) bond motifs is 1. The van der Waals surface area contributed by atoms with E-state index in [0.717, 1.165) is 31.2 Å². The Bertz CT molecular complexity index is 491. The number of ether oxygens (including phenoxy) is 1. The van der Waals surface area contributed by atoms with E-state index in [4.69, 9.17) is 4.74 Å². The quantitative estimate of drug-likeness (QED) is 0.906. The van der Waals surface area contributed by atoms with Crippen molar-refractivity contribution in [3.8, 4) is 0 Å². The zero-order valence-corrected chi connectivity index (χ0v) is 10.5. The van der Waals surface area contributed by atoms with Gasteiger partial charge in [-0.2, -0.15) is 0 Å². The highest BCUT2D eigenvalue weighted by Gasteiger charge is 2.13. The van der Waals surface area contributed by atoms with Crippen molar-refractivity contribution in [2.45, 2.75) is 12.8 Å². The molecule has 0 radical (unpaired) electrons. The number of aromatic nitrogens is 1. The number of hydrogen-bond acceptors (Lipinski definition) is 4. The van der Waals surface area contributed by atoms with Gasteiger partial charge in [-0.3, -0.25) is 0 Å². The minimum absolute atomic E-state index is 0.751. The van der Waals surface area contributed by atoms with Crippen LogP contribution in [0.15, 0.2) is 23.7 Å². The van der Waals surface area contributed by atoms with Crippen LogP contribution < -0.4 is 5.32 Å². The van der Waals surface area contributed by atoms with E-state index in [2.05, 4.69) is 28.5 Å². The summed E-state index contributed by atoms with van der Waals surface area (Å²) in [4.78, 5) is 4.28. The van der Waals surface area contributed by atoms with Crippen molar-refractivity contribution in [1.29, 1.82) is 0 Å². The maximum Gasteiger partial charge on any atom is 0.0813 e. The van der Waals surface area contributed by atoms with Gasteiger partial charge in [-0.15, -0.1) is 11.3 Å². The second-order valence-electron chi connectivity index (χ2n) is 4.47. The molecule has 0 atom stereocenters. The maximum absolute atomic E-state index is 5.36. The lowest BCUT2D eigenvalue weighted by molar-refractivity contribution is 0.0699. The van der Waals surface area contributed by atoms with Crippen molar-refractivity contribution in [3.05, 3.63) is 23.7 Å². The normalized spacial score (nSPS) is 17.4. The number of nitrogens with one attached hydrogen (secondary N) is 1. The number of hydrogen-bond donors (Lipinski definition) is 1. The average Bonchev–Trinajstić information content (AvgIpc) is 2.85. The predicted octanol–water partition coefficient (Wildman–Crippen LogP) is 3.13. The summed E-state index contributed by atoms with van der Waals surface area (Å²) in [7, 11) is 0. The molecule has 3 nitrogen and oxygen atoms in total. The Balaban J connectivity index is 1.63. The van der Waals surface area contributed by atoms with Crippen molar-refractivity contribution in [2.24, 2.45) is 5.92 Å². The van der Waals surface area contributed by atoms with Crippen LogP contribution in [0, 0.1) is 5.92 Å². The van der Waals surface area contributed by atoms with E-state index in [1.54, 1.807) is 11.3 Å². The van der Waals surface area contributed by atoms with Crippen LogP contribution in [0.5, 0.6) is 0 Å². The minimum atomic E-state index is 0.751. The van der Waals surface area contributed by atoms with E-state index in [-0.39, 0.29) is 0 Å². The molecule has 1 aliphatic rings. The molecular weight excluding hydrogens is 232 g/mol. The van der Waals surface area contributed by atoms with Gasteiger partial charge in [-0.25, -0.2) is 4.98 Å². The second-order valence-corrected chi connectivity index (χ2v) is 5.36. The molecule has 0 aliphatic carbocycles. The summed E-state index contributed by atoms with van der Waals surface area (Å²) in [6, 6.07) is 6.38. The zero-order valence-electron chi connectivity index (χ0n) is 9.69. The molecule has 0 spiro atoms. The van der Waals surface area contributed by atoms with Gasteiger partial charge >= 0.3 is 0 Å². The van der Waals surface area contributed by atoms with E-state index in [1.165, 1.54) is 23.2 Å². The standard InChI is InChI=1S/C13H16N2OS/c1-2-12-13(17-9-15-12)7-11(1)14-8-10-3-5-16-6-4-10/h1-2,7,9-10,14H,3-6,8H2. The number of nitrogens with zero attached hydrogens (tertiary/aromatic N) is 1. The highest BCUT2D eigenvalue weighted by Crippen LogP contribution is 2.22. The molecule has 2 heterocycles. The molecule has 3 rings (SSSR count). The second kappa shape index (κ2) is 5.02. The van der Waals surface area contributed by atoms with Gasteiger partial charge in [-0.1, -0.05) is 0 Å². The summed E-state index contributed by atoms with van der Waals surface area (Å²) in [6.45, 7) is 2.88. The van der Waals surface area contributed by atoms with E-state index in [9.17, 15) is 0 Å². The number of benzene rings is 1. The van der Waals surface area contributed by atoms with Gasteiger partial charge in [-0.05, 0) is 37.0 Å². The smallest absolute Gasteiger partial charge is 0.0813 e. The van der Waals surface area contributed by atoms with Crippen LogP contribution >= 0.6 is 11.3 Å². The molecule has 4 heteroatoms. The van der Waals surface area contributed by atoms with Gasteiger partial charge in [0.05, 0.1) is 15.7 Å². The largest absolute Gasteiger partial charge is 0.385 e. The number of thiazole rings is 1. The number of anilines is 1. The summed E-state index contributed by atoms with van der Waals surface area (Å²) < 4.78 is 6.62. The van der Waals surface area contributed by atoms with Crippen LogP contribution in [0.2, 0.25) is 0 Å². The molecule has 1 fully saturated rings. The monoisotopic (exact) mass is 248 g/mol. The Hall–Kier alpha value is -1.13. The van der Waals surface area contributed by atoms with Crippen LogP contribution in [-0.4, -0.2) is 24.7 Å². The lowest BCUT2D eigenvalue weighted by atomic mass is 10.0. The molecule has 0 unspecified atom stereocenters. The lowest BCUT2D eigenvalue weighted by Gasteiger charge is -2.22. The molecule has 1 N–H and O–H groups in total. The SMILES string of the molecule is c1nc2ccc(NCC3CCOCC3)cc2s1. The molecule has 90 valence electrons. The third-order valence-electron chi connectivity index (χ3n) is 3.27. The fourth-order valence-corrected chi connectivity index (χ4v) is 2.89. The summed E-state index contributed by atoms with van der Waals surface area (Å²) in [5.41, 5.74) is 4.19. The third kappa shape index (κ3) is 2.58. The summed E-state index contributed by atoms with van der Waals surface area (Å²) in [6.07, 6.45) is 2.35. The molecule has 1 saturated heterocycles. The summed E-state index contributed by atoms with van der Waals surface area (Å²) >= 11 is 1.69. The van der Waals surface area contributed by atoms with Gasteiger partial charge in [0, 0.05) is 25.4 Å². The molecular formula is C13H16N2OS. The first kappa shape index (κ1) is 11.0. The maximum atomic E-state index is 5.36. The van der Waals surface area contributed by atoms with Gasteiger partial charge in [0.25, 0.3) is 0 Å². The van der Waals surface area contributed by atoms with Crippen molar-refractivity contribution in [2.75, 3.05) is 25.1 Å². The summed E-state index contributed by atoms with van der Waals surface area (Å²) in [5, 5.41) is 3.52. The van der Waals surface area contributed by atoms with Gasteiger partial charge in [0.15, 0.2) is 0 Å². The van der Waals surface area contributed by atoms with Crippen molar-refractivity contribution in [1.82, 2.24) is 4.98 Å². The van der Waals surface area contributed by atoms with Crippen LogP contribution in [0.25, 0.3) is 10.2 Å². The highest BCUT2D eigenvalue weighted by atomic mass is 32.1. The zero-order chi connectivity index (χ0) is 11.5. The fraction of sp³-hybridized carbons (Fsp3) is 0.462. The van der Waals surface area contributed by atoms with Crippen LogP contribution in [0.1, 0.15) is 12.8 Å². The van der Waals surface area contributed by atoms with E-state index >= 15 is 0 Å². The molecule has 0 saturated carbocycles. The Kier molecular flexibility index (Phi) is 3.25. The van der Waals surface area contributed by atoms with Crippen molar-refractivity contribution in [3.63, 3.8) is 0 Å². The Morgan fingerprint density at radius 3 is 3.12 bits per heavy atom. The average molecular weight is 248 g/mol.